The molecule has 0 spiro atoms. The molecule has 0 bridgehead atoms. The van der Waals surface area contributed by atoms with Gasteiger partial charge in [0.2, 0.25) is 5.88 Å². The summed E-state index contributed by atoms with van der Waals surface area (Å²) < 4.78 is 40.5. The van der Waals surface area contributed by atoms with Crippen LogP contribution in [0.2, 0.25) is 0 Å². The van der Waals surface area contributed by atoms with E-state index >= 15 is 0 Å². The lowest BCUT2D eigenvalue weighted by molar-refractivity contribution is -0.136. The fourth-order valence-electron chi connectivity index (χ4n) is 1.09. The van der Waals surface area contributed by atoms with Crippen LogP contribution < -0.4 is 10.5 Å². The number of rotatable bonds is 5. The van der Waals surface area contributed by atoms with Gasteiger partial charge < -0.3 is 10.5 Å². The highest BCUT2D eigenvalue weighted by molar-refractivity contribution is 5.93. The Bertz CT molecular complexity index is 393. The highest BCUT2D eigenvalue weighted by atomic mass is 19.4. The number of pyridine rings is 1. The van der Waals surface area contributed by atoms with Crippen LogP contribution >= 0.6 is 0 Å². The summed E-state index contributed by atoms with van der Waals surface area (Å²) in [6, 6.07) is 4.59. The number of aromatic nitrogens is 1. The summed E-state index contributed by atoms with van der Waals surface area (Å²) in [5, 5.41) is 7.14. The zero-order valence-electron chi connectivity index (χ0n) is 8.92. The molecule has 0 saturated carbocycles. The molecule has 0 aliphatic rings. The summed E-state index contributed by atoms with van der Waals surface area (Å²) in [5.74, 6) is -0.0504. The number of ether oxygens (including phenoxy) is 1. The number of hydrogen-bond donors (Lipinski definition) is 2. The van der Waals surface area contributed by atoms with Crippen LogP contribution in [0.15, 0.2) is 18.2 Å². The normalized spacial score (nSPS) is 11.2. The van der Waals surface area contributed by atoms with Gasteiger partial charge in [0.15, 0.2) is 0 Å². The molecule has 0 fully saturated rings. The SMILES string of the molecule is N=C(N)c1cccc(OCCCC(F)(F)F)n1. The van der Waals surface area contributed by atoms with Gasteiger partial charge in [0.1, 0.15) is 11.5 Å². The topological polar surface area (TPSA) is 72.0 Å². The van der Waals surface area contributed by atoms with E-state index in [0.29, 0.717) is 0 Å². The van der Waals surface area contributed by atoms with Crippen LogP contribution in [0.5, 0.6) is 5.88 Å². The molecule has 0 aromatic carbocycles. The highest BCUT2D eigenvalue weighted by Crippen LogP contribution is 2.21. The van der Waals surface area contributed by atoms with Gasteiger partial charge in [-0.05, 0) is 12.5 Å². The number of halogens is 3. The number of nitrogen functional groups attached to an aromatic ring is 1. The lowest BCUT2D eigenvalue weighted by Crippen LogP contribution is -2.14. The van der Waals surface area contributed by atoms with Crippen molar-refractivity contribution in [3.05, 3.63) is 23.9 Å². The van der Waals surface area contributed by atoms with Crippen molar-refractivity contribution < 1.29 is 17.9 Å². The Kier molecular flexibility index (Phi) is 4.30. The molecular formula is C10H12F3N3O. The van der Waals surface area contributed by atoms with Gasteiger partial charge >= 0.3 is 6.18 Å². The lowest BCUT2D eigenvalue weighted by Gasteiger charge is -2.08. The van der Waals surface area contributed by atoms with Crippen molar-refractivity contribution in [3.63, 3.8) is 0 Å². The molecular weight excluding hydrogens is 235 g/mol. The van der Waals surface area contributed by atoms with E-state index in [1.165, 1.54) is 12.1 Å². The van der Waals surface area contributed by atoms with Gasteiger partial charge in [0, 0.05) is 12.5 Å². The molecule has 0 atom stereocenters. The number of nitrogens with two attached hydrogens (primary N) is 1. The Morgan fingerprint density at radius 2 is 2.12 bits per heavy atom. The molecule has 0 saturated heterocycles. The molecule has 17 heavy (non-hydrogen) atoms. The van der Waals surface area contributed by atoms with Gasteiger partial charge in [-0.3, -0.25) is 5.41 Å². The van der Waals surface area contributed by atoms with Crippen molar-refractivity contribution in [2.75, 3.05) is 6.61 Å². The van der Waals surface area contributed by atoms with Crippen LogP contribution in [0.1, 0.15) is 18.5 Å². The minimum atomic E-state index is -4.17. The second kappa shape index (κ2) is 5.51. The predicted molar refractivity (Wildman–Crippen MR) is 56.0 cm³/mol. The Labute approximate surface area is 96.1 Å². The number of nitrogens with one attached hydrogen (secondary N) is 1. The summed E-state index contributed by atoms with van der Waals surface area (Å²) in [6.07, 6.45) is -5.19. The zero-order valence-corrected chi connectivity index (χ0v) is 8.92. The molecule has 4 nitrogen and oxygen atoms in total. The first kappa shape index (κ1) is 13.3. The standard InChI is InChI=1S/C10H12F3N3O/c11-10(12,13)5-2-6-17-8-4-1-3-7(16-8)9(14)15/h1,3-4H,2,5-6H2,(H3,14,15). The van der Waals surface area contributed by atoms with Crippen LogP contribution in [0.4, 0.5) is 13.2 Å². The van der Waals surface area contributed by atoms with Crippen LogP contribution in [0, 0.1) is 5.41 Å². The number of hydrogen-bond acceptors (Lipinski definition) is 3. The molecule has 3 N–H and O–H groups in total. The first-order valence-electron chi connectivity index (χ1n) is 4.89. The van der Waals surface area contributed by atoms with E-state index in [-0.39, 0.29) is 30.4 Å². The second-order valence-electron chi connectivity index (χ2n) is 3.34. The predicted octanol–water partition coefficient (Wildman–Crippen LogP) is 2.09. The number of alkyl halides is 3. The monoisotopic (exact) mass is 247 g/mol. The summed E-state index contributed by atoms with van der Waals surface area (Å²) in [4.78, 5) is 3.85. The maximum absolute atomic E-state index is 11.8. The van der Waals surface area contributed by atoms with Crippen molar-refractivity contribution in [2.24, 2.45) is 5.73 Å². The van der Waals surface area contributed by atoms with Crippen molar-refractivity contribution in [2.45, 2.75) is 19.0 Å². The average molecular weight is 247 g/mol. The van der Waals surface area contributed by atoms with Crippen LogP contribution in [-0.4, -0.2) is 23.6 Å². The molecule has 0 amide bonds. The van der Waals surface area contributed by atoms with Crippen molar-refractivity contribution in [3.8, 4) is 5.88 Å². The molecule has 0 radical (unpaired) electrons. The van der Waals surface area contributed by atoms with Gasteiger partial charge in [-0.2, -0.15) is 13.2 Å². The minimum Gasteiger partial charge on any atom is -0.478 e. The van der Waals surface area contributed by atoms with Gasteiger partial charge in [0.25, 0.3) is 0 Å². The third-order valence-corrected chi connectivity index (χ3v) is 1.85. The number of amidine groups is 1. The fourth-order valence-corrected chi connectivity index (χ4v) is 1.09. The van der Waals surface area contributed by atoms with Crippen molar-refractivity contribution >= 4 is 5.84 Å². The van der Waals surface area contributed by atoms with Crippen molar-refractivity contribution in [1.29, 1.82) is 5.41 Å². The Morgan fingerprint density at radius 3 is 2.71 bits per heavy atom. The summed E-state index contributed by atoms with van der Waals surface area (Å²) in [7, 11) is 0. The summed E-state index contributed by atoms with van der Waals surface area (Å²) in [5.41, 5.74) is 5.45. The maximum atomic E-state index is 11.8. The Hall–Kier alpha value is -1.79. The van der Waals surface area contributed by atoms with E-state index in [0.717, 1.165) is 0 Å². The van der Waals surface area contributed by atoms with Crippen molar-refractivity contribution in [1.82, 2.24) is 4.98 Å². The molecule has 1 aromatic rings. The zero-order chi connectivity index (χ0) is 12.9. The Balaban J connectivity index is 2.42. The third-order valence-electron chi connectivity index (χ3n) is 1.85. The van der Waals surface area contributed by atoms with Crippen LogP contribution in [-0.2, 0) is 0 Å². The molecule has 1 aromatic heterocycles. The van der Waals surface area contributed by atoms with E-state index < -0.39 is 12.6 Å². The lowest BCUT2D eigenvalue weighted by atomic mass is 10.3. The number of nitrogens with zero attached hydrogens (tertiary/aromatic N) is 1. The van der Waals surface area contributed by atoms with Crippen LogP contribution in [0.3, 0.4) is 0 Å². The molecule has 0 aliphatic heterocycles. The molecule has 94 valence electrons. The maximum Gasteiger partial charge on any atom is 0.389 e. The average Bonchev–Trinajstić information content (AvgIpc) is 2.23. The van der Waals surface area contributed by atoms with Gasteiger partial charge in [-0.1, -0.05) is 6.07 Å². The van der Waals surface area contributed by atoms with Gasteiger partial charge in [0.05, 0.1) is 6.61 Å². The third kappa shape index (κ3) is 5.19. The van der Waals surface area contributed by atoms with Crippen LogP contribution in [0.25, 0.3) is 0 Å². The first-order valence-corrected chi connectivity index (χ1v) is 4.89. The van der Waals surface area contributed by atoms with Gasteiger partial charge in [-0.25, -0.2) is 4.98 Å². The van der Waals surface area contributed by atoms with E-state index in [2.05, 4.69) is 4.98 Å². The van der Waals surface area contributed by atoms with E-state index in [1.807, 2.05) is 0 Å². The minimum absolute atomic E-state index is 0.0755. The molecule has 1 heterocycles. The van der Waals surface area contributed by atoms with E-state index in [4.69, 9.17) is 15.9 Å². The molecule has 7 heteroatoms. The fraction of sp³-hybridized carbons (Fsp3) is 0.400. The Morgan fingerprint density at radius 1 is 1.41 bits per heavy atom. The van der Waals surface area contributed by atoms with Gasteiger partial charge in [-0.15, -0.1) is 0 Å². The molecule has 0 unspecified atom stereocenters. The van der Waals surface area contributed by atoms with E-state index in [1.54, 1.807) is 6.07 Å². The summed E-state index contributed by atoms with van der Waals surface area (Å²) in [6.45, 7) is -0.0755. The van der Waals surface area contributed by atoms with E-state index in [9.17, 15) is 13.2 Å². The largest absolute Gasteiger partial charge is 0.478 e. The molecule has 1 rings (SSSR count). The summed E-state index contributed by atoms with van der Waals surface area (Å²) >= 11 is 0. The first-order chi connectivity index (χ1) is 7.88. The molecule has 0 aliphatic carbocycles. The quantitative estimate of drug-likeness (QED) is 0.475. The second-order valence-corrected chi connectivity index (χ2v) is 3.34. The smallest absolute Gasteiger partial charge is 0.389 e. The highest BCUT2D eigenvalue weighted by Gasteiger charge is 2.26.